The number of thiophene rings is 1. The lowest BCUT2D eigenvalue weighted by atomic mass is 10.2. The van der Waals surface area contributed by atoms with Gasteiger partial charge in [0, 0.05) is 27.5 Å². The average molecular weight is 287 g/mol. The van der Waals surface area contributed by atoms with E-state index in [1.165, 1.54) is 11.3 Å². The fourth-order valence-corrected chi connectivity index (χ4v) is 2.90. The maximum atomic E-state index is 10.1. The Labute approximate surface area is 100 Å². The standard InChI is InChI=1S/C10H11BrN2OS/c1-2-13-8(3-4-12-13)10(14)9-5-7(11)6-15-9/h3-6,10,14H,2H2,1H3. The third-order valence-corrected chi connectivity index (χ3v) is 3.93. The highest BCUT2D eigenvalue weighted by Crippen LogP contribution is 2.29. The number of aromatic nitrogens is 2. The van der Waals surface area contributed by atoms with Gasteiger partial charge < -0.3 is 5.11 Å². The minimum absolute atomic E-state index is 0.580. The van der Waals surface area contributed by atoms with E-state index in [9.17, 15) is 5.11 Å². The molecule has 1 atom stereocenters. The number of aryl methyl sites for hydroxylation is 1. The summed E-state index contributed by atoms with van der Waals surface area (Å²) in [4.78, 5) is 0.928. The molecule has 0 aliphatic heterocycles. The highest BCUT2D eigenvalue weighted by Gasteiger charge is 2.16. The molecule has 0 aromatic carbocycles. The third kappa shape index (κ3) is 2.14. The lowest BCUT2D eigenvalue weighted by Crippen LogP contribution is -2.07. The number of aliphatic hydroxyl groups excluding tert-OH is 1. The van der Waals surface area contributed by atoms with Crippen LogP contribution in [0.1, 0.15) is 23.6 Å². The zero-order chi connectivity index (χ0) is 10.8. The van der Waals surface area contributed by atoms with Crippen LogP contribution in [0.3, 0.4) is 0 Å². The molecule has 2 rings (SSSR count). The molecule has 0 spiro atoms. The molecule has 1 unspecified atom stereocenters. The lowest BCUT2D eigenvalue weighted by molar-refractivity contribution is 0.212. The first-order chi connectivity index (χ1) is 7.22. The van der Waals surface area contributed by atoms with Crippen LogP contribution < -0.4 is 0 Å². The molecule has 0 saturated heterocycles. The number of aliphatic hydroxyl groups is 1. The van der Waals surface area contributed by atoms with E-state index < -0.39 is 6.10 Å². The van der Waals surface area contributed by atoms with Crippen molar-refractivity contribution in [3.8, 4) is 0 Å². The van der Waals surface area contributed by atoms with Crippen LogP contribution in [0, 0.1) is 0 Å². The highest BCUT2D eigenvalue weighted by atomic mass is 79.9. The highest BCUT2D eigenvalue weighted by molar-refractivity contribution is 9.10. The summed E-state index contributed by atoms with van der Waals surface area (Å²) < 4.78 is 2.81. The molecule has 3 nitrogen and oxygen atoms in total. The van der Waals surface area contributed by atoms with E-state index >= 15 is 0 Å². The molecule has 2 heterocycles. The Balaban J connectivity index is 2.31. The summed E-state index contributed by atoms with van der Waals surface area (Å²) in [5.74, 6) is 0. The van der Waals surface area contributed by atoms with Gasteiger partial charge in [-0.2, -0.15) is 5.10 Å². The van der Waals surface area contributed by atoms with E-state index in [1.807, 2.05) is 24.4 Å². The molecule has 15 heavy (non-hydrogen) atoms. The van der Waals surface area contributed by atoms with Crippen molar-refractivity contribution in [1.82, 2.24) is 9.78 Å². The molecule has 0 bridgehead atoms. The van der Waals surface area contributed by atoms with Crippen LogP contribution >= 0.6 is 27.3 Å². The van der Waals surface area contributed by atoms with Gasteiger partial charge in [0.1, 0.15) is 6.10 Å². The largest absolute Gasteiger partial charge is 0.381 e. The topological polar surface area (TPSA) is 38.0 Å². The molecule has 0 saturated carbocycles. The van der Waals surface area contributed by atoms with Crippen molar-refractivity contribution in [1.29, 1.82) is 0 Å². The van der Waals surface area contributed by atoms with Crippen LogP contribution in [0.5, 0.6) is 0 Å². The summed E-state index contributed by atoms with van der Waals surface area (Å²) in [6.45, 7) is 2.78. The first kappa shape index (κ1) is 10.9. The number of hydrogen-bond donors (Lipinski definition) is 1. The molecule has 0 fully saturated rings. The summed E-state index contributed by atoms with van der Waals surface area (Å²) in [5, 5.41) is 16.2. The van der Waals surface area contributed by atoms with E-state index in [1.54, 1.807) is 10.9 Å². The second-order valence-electron chi connectivity index (χ2n) is 3.14. The van der Waals surface area contributed by atoms with Gasteiger partial charge >= 0.3 is 0 Å². The Morgan fingerprint density at radius 3 is 3.07 bits per heavy atom. The van der Waals surface area contributed by atoms with Gasteiger partial charge in [-0.1, -0.05) is 0 Å². The summed E-state index contributed by atoms with van der Waals surface area (Å²) in [6.07, 6.45) is 1.13. The van der Waals surface area contributed by atoms with Crippen LogP contribution in [0.25, 0.3) is 0 Å². The van der Waals surface area contributed by atoms with E-state index in [0.29, 0.717) is 0 Å². The number of rotatable bonds is 3. The van der Waals surface area contributed by atoms with Crippen LogP contribution in [-0.2, 0) is 6.54 Å². The van der Waals surface area contributed by atoms with Gasteiger partial charge in [0.15, 0.2) is 0 Å². The van der Waals surface area contributed by atoms with Gasteiger partial charge in [-0.05, 0) is 35.0 Å². The monoisotopic (exact) mass is 286 g/mol. The second kappa shape index (κ2) is 4.47. The fraction of sp³-hybridized carbons (Fsp3) is 0.300. The van der Waals surface area contributed by atoms with Gasteiger partial charge in [-0.25, -0.2) is 0 Å². The Morgan fingerprint density at radius 1 is 1.67 bits per heavy atom. The molecule has 2 aromatic heterocycles. The van der Waals surface area contributed by atoms with Crippen LogP contribution in [0.2, 0.25) is 0 Å². The minimum atomic E-state index is -0.580. The van der Waals surface area contributed by atoms with Crippen molar-refractivity contribution < 1.29 is 5.11 Å². The van der Waals surface area contributed by atoms with Gasteiger partial charge in [0.05, 0.1) is 5.69 Å². The van der Waals surface area contributed by atoms with E-state index in [2.05, 4.69) is 21.0 Å². The van der Waals surface area contributed by atoms with Crippen molar-refractivity contribution >= 4 is 27.3 Å². The third-order valence-electron chi connectivity index (χ3n) is 2.19. The number of halogens is 1. The zero-order valence-corrected chi connectivity index (χ0v) is 10.6. The lowest BCUT2D eigenvalue weighted by Gasteiger charge is -2.10. The van der Waals surface area contributed by atoms with Gasteiger partial charge in [0.2, 0.25) is 0 Å². The zero-order valence-electron chi connectivity index (χ0n) is 8.22. The molecule has 0 radical (unpaired) electrons. The minimum Gasteiger partial charge on any atom is -0.381 e. The fourth-order valence-electron chi connectivity index (χ4n) is 1.46. The Kier molecular flexibility index (Phi) is 3.23. The molecule has 0 aliphatic rings. The van der Waals surface area contributed by atoms with Crippen molar-refractivity contribution in [3.05, 3.63) is 38.8 Å². The summed E-state index contributed by atoms with van der Waals surface area (Å²) in [5.41, 5.74) is 0.840. The summed E-state index contributed by atoms with van der Waals surface area (Å²) >= 11 is 4.91. The predicted octanol–water partition coefficient (Wildman–Crippen LogP) is 2.81. The molecule has 80 valence electrons. The second-order valence-corrected chi connectivity index (χ2v) is 5.00. The molecule has 0 amide bonds. The van der Waals surface area contributed by atoms with Crippen molar-refractivity contribution in [2.75, 3.05) is 0 Å². The Hall–Kier alpha value is -0.650. The maximum absolute atomic E-state index is 10.1. The van der Waals surface area contributed by atoms with Gasteiger partial charge in [-0.15, -0.1) is 11.3 Å². The van der Waals surface area contributed by atoms with Crippen LogP contribution in [-0.4, -0.2) is 14.9 Å². The van der Waals surface area contributed by atoms with E-state index in [4.69, 9.17) is 0 Å². The van der Waals surface area contributed by atoms with Crippen molar-refractivity contribution in [3.63, 3.8) is 0 Å². The van der Waals surface area contributed by atoms with Crippen LogP contribution in [0.4, 0.5) is 0 Å². The summed E-state index contributed by atoms with van der Waals surface area (Å²) in [7, 11) is 0. The normalized spacial score (nSPS) is 13.0. The first-order valence-corrected chi connectivity index (χ1v) is 6.33. The van der Waals surface area contributed by atoms with Gasteiger partial charge in [-0.3, -0.25) is 4.68 Å². The Morgan fingerprint density at radius 2 is 2.47 bits per heavy atom. The SMILES string of the molecule is CCn1nccc1C(O)c1cc(Br)cs1. The molecule has 2 aromatic rings. The molecular formula is C10H11BrN2OS. The smallest absolute Gasteiger partial charge is 0.130 e. The summed E-state index contributed by atoms with van der Waals surface area (Å²) in [6, 6.07) is 3.78. The first-order valence-electron chi connectivity index (χ1n) is 4.66. The average Bonchev–Trinajstić information content (AvgIpc) is 2.84. The Bertz CT molecular complexity index is 452. The van der Waals surface area contributed by atoms with Crippen molar-refractivity contribution in [2.24, 2.45) is 0 Å². The molecular weight excluding hydrogens is 276 g/mol. The maximum Gasteiger partial charge on any atom is 0.130 e. The quantitative estimate of drug-likeness (QED) is 0.942. The van der Waals surface area contributed by atoms with E-state index in [0.717, 1.165) is 21.6 Å². The number of nitrogens with zero attached hydrogens (tertiary/aromatic N) is 2. The number of hydrogen-bond acceptors (Lipinski definition) is 3. The predicted molar refractivity (Wildman–Crippen MR) is 64.0 cm³/mol. The molecule has 1 N–H and O–H groups in total. The van der Waals surface area contributed by atoms with Crippen LogP contribution in [0.15, 0.2) is 28.2 Å². The van der Waals surface area contributed by atoms with Crippen molar-refractivity contribution in [2.45, 2.75) is 19.6 Å². The molecule has 5 heteroatoms. The van der Waals surface area contributed by atoms with E-state index in [-0.39, 0.29) is 0 Å². The van der Waals surface area contributed by atoms with Gasteiger partial charge in [0.25, 0.3) is 0 Å². The molecule has 0 aliphatic carbocycles.